The molecule has 1 aromatic heterocycles. The van der Waals surface area contributed by atoms with Crippen LogP contribution in [0.1, 0.15) is 40.5 Å². The average Bonchev–Trinajstić information content (AvgIpc) is 2.83. The number of nitrogens with two attached hydrogens (primary N) is 1. The highest BCUT2D eigenvalue weighted by molar-refractivity contribution is 7.91. The summed E-state index contributed by atoms with van der Waals surface area (Å²) in [5, 5.41) is -0.575. The predicted molar refractivity (Wildman–Crippen MR) is 103 cm³/mol. The first-order valence-corrected chi connectivity index (χ1v) is 11.0. The molecule has 0 saturated carbocycles. The van der Waals surface area contributed by atoms with Gasteiger partial charge in [0, 0.05) is 30.9 Å². The van der Waals surface area contributed by atoms with Crippen molar-refractivity contribution >= 4 is 22.4 Å². The summed E-state index contributed by atoms with van der Waals surface area (Å²) in [6.45, 7) is 10.7. The number of rotatable bonds is 5. The van der Waals surface area contributed by atoms with E-state index in [1.165, 1.54) is 12.4 Å². The highest BCUT2D eigenvalue weighted by Crippen LogP contribution is 2.36. The molecule has 2 fully saturated rings. The fraction of sp³-hybridized carbons (Fsp3) is 0.765. The Labute approximate surface area is 161 Å². The van der Waals surface area contributed by atoms with Gasteiger partial charge in [-0.15, -0.1) is 0 Å². The van der Waals surface area contributed by atoms with E-state index in [2.05, 4.69) is 14.9 Å². The molecule has 2 saturated heterocycles. The lowest BCUT2D eigenvalue weighted by Gasteiger charge is -2.32. The van der Waals surface area contributed by atoms with E-state index in [-0.39, 0.29) is 5.16 Å². The second-order valence-corrected chi connectivity index (χ2v) is 10.4. The van der Waals surface area contributed by atoms with Crippen molar-refractivity contribution in [3.8, 4) is 0 Å². The lowest BCUT2D eigenvalue weighted by atomic mass is 9.81. The van der Waals surface area contributed by atoms with Gasteiger partial charge in [-0.25, -0.2) is 18.4 Å². The predicted octanol–water partition coefficient (Wildman–Crippen LogP) is -0.0274. The Morgan fingerprint density at radius 3 is 2.15 bits per heavy atom. The average molecular weight is 396 g/mol. The van der Waals surface area contributed by atoms with Crippen molar-refractivity contribution in [3.05, 3.63) is 12.4 Å². The summed E-state index contributed by atoms with van der Waals surface area (Å²) in [6.07, 6.45) is 4.13. The molecule has 0 spiro atoms. The Balaban J connectivity index is 1.70. The van der Waals surface area contributed by atoms with Gasteiger partial charge < -0.3 is 19.9 Å². The summed E-state index contributed by atoms with van der Waals surface area (Å²) in [6, 6.07) is 0. The third-order valence-corrected chi connectivity index (χ3v) is 7.92. The molecule has 0 unspecified atom stereocenters. The van der Waals surface area contributed by atoms with Crippen LogP contribution < -0.4 is 11.2 Å². The molecule has 10 heteroatoms. The molecule has 8 nitrogen and oxygen atoms in total. The fourth-order valence-electron chi connectivity index (χ4n) is 3.35. The largest absolute Gasteiger partial charge is 0.498 e. The minimum atomic E-state index is -3.55. The molecule has 3 heterocycles. The highest BCUT2D eigenvalue weighted by Gasteiger charge is 2.52. The Morgan fingerprint density at radius 2 is 1.67 bits per heavy atom. The molecule has 0 bridgehead atoms. The lowest BCUT2D eigenvalue weighted by Crippen LogP contribution is -2.42. The lowest BCUT2D eigenvalue weighted by molar-refractivity contribution is 0.00578. The molecular formula is C17H29BN4O4S. The molecule has 2 aliphatic rings. The van der Waals surface area contributed by atoms with Gasteiger partial charge in [-0.05, 0) is 53.6 Å². The molecule has 0 atom stereocenters. The van der Waals surface area contributed by atoms with Crippen LogP contribution in [0.25, 0.3) is 0 Å². The monoisotopic (exact) mass is 396 g/mol. The van der Waals surface area contributed by atoms with Crippen LogP contribution in [0.2, 0.25) is 0 Å². The first-order chi connectivity index (χ1) is 12.6. The van der Waals surface area contributed by atoms with Crippen LogP contribution in [0.5, 0.6) is 0 Å². The maximum absolute atomic E-state index is 12.9. The molecule has 2 N–H and O–H groups in total. The quantitative estimate of drug-likeness (QED) is 0.546. The van der Waals surface area contributed by atoms with E-state index < -0.39 is 33.4 Å². The van der Waals surface area contributed by atoms with E-state index >= 15 is 0 Å². The molecule has 0 aliphatic carbocycles. The third kappa shape index (κ3) is 4.05. The summed E-state index contributed by atoms with van der Waals surface area (Å²) in [5.41, 5.74) is 5.24. The van der Waals surface area contributed by atoms with Crippen molar-refractivity contribution in [1.82, 2.24) is 14.9 Å². The van der Waals surface area contributed by atoms with Crippen LogP contribution in [-0.4, -0.2) is 73.0 Å². The first kappa shape index (κ1) is 20.7. The number of sulfone groups is 1. The van der Waals surface area contributed by atoms with Crippen molar-refractivity contribution in [2.75, 3.05) is 26.2 Å². The van der Waals surface area contributed by atoms with Gasteiger partial charge in [-0.3, -0.25) is 0 Å². The fourth-order valence-corrected chi connectivity index (χ4v) is 4.88. The molecule has 3 rings (SSSR count). The van der Waals surface area contributed by atoms with E-state index in [0.29, 0.717) is 24.8 Å². The Bertz CT molecular complexity index is 746. The van der Waals surface area contributed by atoms with E-state index in [1.807, 2.05) is 27.7 Å². The molecule has 0 aromatic carbocycles. The van der Waals surface area contributed by atoms with Gasteiger partial charge in [0.25, 0.3) is 0 Å². The molecular weight excluding hydrogens is 367 g/mol. The normalized spacial score (nSPS) is 23.7. The minimum Gasteiger partial charge on any atom is -0.399 e. The van der Waals surface area contributed by atoms with Gasteiger partial charge in [-0.1, -0.05) is 0 Å². The van der Waals surface area contributed by atoms with Crippen molar-refractivity contribution in [2.24, 2.45) is 5.73 Å². The van der Waals surface area contributed by atoms with Gasteiger partial charge in [0.15, 0.2) is 0 Å². The van der Waals surface area contributed by atoms with E-state index in [9.17, 15) is 8.42 Å². The maximum Gasteiger partial charge on any atom is 0.498 e. The summed E-state index contributed by atoms with van der Waals surface area (Å²) < 4.78 is 37.6. The van der Waals surface area contributed by atoms with E-state index in [1.54, 1.807) is 0 Å². The zero-order chi connectivity index (χ0) is 19.9. The molecule has 150 valence electrons. The summed E-state index contributed by atoms with van der Waals surface area (Å²) >= 11 is 0. The topological polar surface area (TPSA) is 108 Å². The minimum absolute atomic E-state index is 0.125. The Kier molecular flexibility index (Phi) is 5.66. The SMILES string of the molecule is CC1(C)OB(c2cnc(S(=O)(=O)C3CCN(CCN)CC3)nc2)OC1(C)C. The van der Waals surface area contributed by atoms with Gasteiger partial charge in [0.05, 0.1) is 16.5 Å². The number of aromatic nitrogens is 2. The summed E-state index contributed by atoms with van der Waals surface area (Å²) in [4.78, 5) is 10.4. The number of hydrogen-bond acceptors (Lipinski definition) is 8. The number of likely N-dealkylation sites (tertiary alicyclic amines) is 1. The molecule has 2 aliphatic heterocycles. The second-order valence-electron chi connectivity index (χ2n) is 8.26. The first-order valence-electron chi connectivity index (χ1n) is 9.41. The maximum atomic E-state index is 12.9. The van der Waals surface area contributed by atoms with Crippen LogP contribution >= 0.6 is 0 Å². The van der Waals surface area contributed by atoms with Crippen LogP contribution in [0, 0.1) is 0 Å². The van der Waals surface area contributed by atoms with Crippen LogP contribution in [-0.2, 0) is 19.1 Å². The molecule has 1 aromatic rings. The van der Waals surface area contributed by atoms with Gasteiger partial charge in [0.1, 0.15) is 0 Å². The molecule has 0 amide bonds. The highest BCUT2D eigenvalue weighted by atomic mass is 32.2. The van der Waals surface area contributed by atoms with Crippen LogP contribution in [0.4, 0.5) is 0 Å². The standard InChI is InChI=1S/C17H29BN4O4S/c1-16(2)17(3,4)26-18(25-16)13-11-20-15(21-12-13)27(23,24)14-5-8-22(9-6-14)10-7-19/h11-12,14H,5-10,19H2,1-4H3. The van der Waals surface area contributed by atoms with Gasteiger partial charge in [-0.2, -0.15) is 0 Å². The van der Waals surface area contributed by atoms with Crippen molar-refractivity contribution < 1.29 is 17.7 Å². The zero-order valence-electron chi connectivity index (χ0n) is 16.5. The summed E-state index contributed by atoms with van der Waals surface area (Å²) in [5.74, 6) is 0. The van der Waals surface area contributed by atoms with E-state index in [0.717, 1.165) is 19.6 Å². The van der Waals surface area contributed by atoms with E-state index in [4.69, 9.17) is 15.0 Å². The summed E-state index contributed by atoms with van der Waals surface area (Å²) in [7, 11) is -4.15. The smallest absolute Gasteiger partial charge is 0.399 e. The third-order valence-electron chi connectivity index (χ3n) is 5.85. The van der Waals surface area contributed by atoms with Gasteiger partial charge >= 0.3 is 7.12 Å². The second kappa shape index (κ2) is 7.40. The van der Waals surface area contributed by atoms with Crippen LogP contribution in [0.3, 0.4) is 0 Å². The molecule has 0 radical (unpaired) electrons. The number of hydrogen-bond donors (Lipinski definition) is 1. The molecule has 27 heavy (non-hydrogen) atoms. The van der Waals surface area contributed by atoms with Crippen molar-refractivity contribution in [3.63, 3.8) is 0 Å². The van der Waals surface area contributed by atoms with Crippen molar-refractivity contribution in [1.29, 1.82) is 0 Å². The Morgan fingerprint density at radius 1 is 1.15 bits per heavy atom. The Hall–Kier alpha value is -1.07. The zero-order valence-corrected chi connectivity index (χ0v) is 17.3. The number of nitrogens with zero attached hydrogens (tertiary/aromatic N) is 3. The van der Waals surface area contributed by atoms with Crippen LogP contribution in [0.15, 0.2) is 17.6 Å². The number of piperidine rings is 1. The van der Waals surface area contributed by atoms with Crippen molar-refractivity contribution in [2.45, 2.75) is 62.1 Å². The van der Waals surface area contributed by atoms with Gasteiger partial charge in [0.2, 0.25) is 15.0 Å².